The number of rotatable bonds is 6. The molecule has 0 bridgehead atoms. The predicted molar refractivity (Wildman–Crippen MR) is 96.8 cm³/mol. The molecule has 1 atom stereocenters. The van der Waals surface area contributed by atoms with Crippen LogP contribution >= 0.6 is 0 Å². The van der Waals surface area contributed by atoms with E-state index in [4.69, 9.17) is 0 Å². The molecule has 0 radical (unpaired) electrons. The molecule has 3 aromatic rings. The molecule has 0 saturated carbocycles. The monoisotopic (exact) mass is 319 g/mol. The Labute approximate surface area is 142 Å². The number of hydrogen-bond donors (Lipinski definition) is 2. The van der Waals surface area contributed by atoms with Gasteiger partial charge in [-0.15, -0.1) is 5.10 Å². The van der Waals surface area contributed by atoms with E-state index in [0.29, 0.717) is 18.3 Å². The van der Waals surface area contributed by atoms with Crippen molar-refractivity contribution in [1.29, 1.82) is 0 Å². The maximum atomic E-state index is 4.48. The number of benzene rings is 2. The molecule has 2 N–H and O–H groups in total. The van der Waals surface area contributed by atoms with Crippen LogP contribution in [-0.4, -0.2) is 15.2 Å². The molecule has 24 heavy (non-hydrogen) atoms. The Kier molecular flexibility index (Phi) is 5.01. The van der Waals surface area contributed by atoms with Gasteiger partial charge in [-0.05, 0) is 25.0 Å². The third-order valence-corrected chi connectivity index (χ3v) is 3.80. The summed E-state index contributed by atoms with van der Waals surface area (Å²) in [5, 5.41) is 14.6. The third-order valence-electron chi connectivity index (χ3n) is 3.80. The van der Waals surface area contributed by atoms with Crippen molar-refractivity contribution in [2.24, 2.45) is 0 Å². The maximum absolute atomic E-state index is 4.48. The average Bonchev–Trinajstić information content (AvgIpc) is 2.62. The van der Waals surface area contributed by atoms with Crippen LogP contribution in [0, 0.1) is 6.92 Å². The largest absolute Gasteiger partial charge is 0.365 e. The zero-order valence-electron chi connectivity index (χ0n) is 13.9. The normalized spacial score (nSPS) is 11.8. The van der Waals surface area contributed by atoms with E-state index >= 15 is 0 Å². The summed E-state index contributed by atoms with van der Waals surface area (Å²) in [6.45, 7) is 4.86. The van der Waals surface area contributed by atoms with Crippen LogP contribution in [0.5, 0.6) is 0 Å². The highest BCUT2D eigenvalue weighted by atomic mass is 15.3. The molecule has 1 aromatic heterocycles. The fraction of sp³-hybridized carbons (Fsp3) is 0.211. The van der Waals surface area contributed by atoms with Gasteiger partial charge >= 0.3 is 0 Å². The first kappa shape index (κ1) is 15.9. The lowest BCUT2D eigenvalue weighted by Gasteiger charge is -2.14. The molecule has 0 fully saturated rings. The summed E-state index contributed by atoms with van der Waals surface area (Å²) >= 11 is 0. The van der Waals surface area contributed by atoms with E-state index in [1.807, 2.05) is 18.2 Å². The van der Waals surface area contributed by atoms with Crippen LogP contribution in [0.2, 0.25) is 0 Å². The second-order valence-electron chi connectivity index (χ2n) is 5.78. The zero-order chi connectivity index (χ0) is 16.8. The van der Waals surface area contributed by atoms with E-state index in [9.17, 15) is 0 Å². The van der Waals surface area contributed by atoms with Gasteiger partial charge in [0.2, 0.25) is 5.95 Å². The van der Waals surface area contributed by atoms with E-state index < -0.39 is 0 Å². The molecular formula is C19H21N5. The number of aromatic nitrogens is 3. The molecule has 1 heterocycles. The van der Waals surface area contributed by atoms with Gasteiger partial charge in [0.25, 0.3) is 0 Å². The Hall–Kier alpha value is -2.95. The first-order valence-corrected chi connectivity index (χ1v) is 8.01. The summed E-state index contributed by atoms with van der Waals surface area (Å²) in [6, 6.07) is 18.7. The van der Waals surface area contributed by atoms with Gasteiger partial charge in [0.15, 0.2) is 5.82 Å². The molecular weight excluding hydrogens is 298 g/mol. The molecule has 2 aromatic carbocycles. The van der Waals surface area contributed by atoms with E-state index in [0.717, 1.165) is 0 Å². The van der Waals surface area contributed by atoms with Gasteiger partial charge in [-0.2, -0.15) is 10.1 Å². The predicted octanol–water partition coefficient (Wildman–Crippen LogP) is 3.97. The molecule has 3 rings (SSSR count). The van der Waals surface area contributed by atoms with Crippen LogP contribution in [0.15, 0.2) is 60.8 Å². The summed E-state index contributed by atoms with van der Waals surface area (Å²) in [5.41, 5.74) is 3.63. The van der Waals surface area contributed by atoms with Crippen LogP contribution < -0.4 is 10.6 Å². The first-order chi connectivity index (χ1) is 11.7. The Bertz CT molecular complexity index is 771. The molecule has 0 aliphatic heterocycles. The highest BCUT2D eigenvalue weighted by Crippen LogP contribution is 2.16. The van der Waals surface area contributed by atoms with Crippen LogP contribution in [0.3, 0.4) is 0 Å². The van der Waals surface area contributed by atoms with Crippen molar-refractivity contribution in [2.45, 2.75) is 26.4 Å². The lowest BCUT2D eigenvalue weighted by atomic mass is 10.1. The molecule has 0 aliphatic carbocycles. The Morgan fingerprint density at radius 3 is 2.50 bits per heavy atom. The molecule has 0 amide bonds. The number of anilines is 2. The van der Waals surface area contributed by atoms with Gasteiger partial charge in [-0.3, -0.25) is 0 Å². The summed E-state index contributed by atoms with van der Waals surface area (Å²) in [6.07, 6.45) is 1.63. The Morgan fingerprint density at radius 1 is 1.00 bits per heavy atom. The van der Waals surface area contributed by atoms with E-state index in [-0.39, 0.29) is 6.04 Å². The van der Waals surface area contributed by atoms with Crippen molar-refractivity contribution in [3.05, 3.63) is 77.5 Å². The molecule has 0 saturated heterocycles. The number of nitrogens with zero attached hydrogens (tertiary/aromatic N) is 3. The summed E-state index contributed by atoms with van der Waals surface area (Å²) in [4.78, 5) is 4.48. The topological polar surface area (TPSA) is 62.7 Å². The SMILES string of the molecule is Cc1ccc(CNc2cnnc(NC(C)c3ccccc3)n2)cc1. The molecule has 5 heteroatoms. The number of nitrogens with one attached hydrogen (secondary N) is 2. The highest BCUT2D eigenvalue weighted by Gasteiger charge is 2.07. The summed E-state index contributed by atoms with van der Waals surface area (Å²) in [7, 11) is 0. The minimum absolute atomic E-state index is 0.111. The number of aryl methyl sites for hydroxylation is 1. The van der Waals surface area contributed by atoms with Gasteiger partial charge < -0.3 is 10.6 Å². The second-order valence-corrected chi connectivity index (χ2v) is 5.78. The average molecular weight is 319 g/mol. The second kappa shape index (κ2) is 7.55. The van der Waals surface area contributed by atoms with Crippen molar-refractivity contribution < 1.29 is 0 Å². The third kappa shape index (κ3) is 4.29. The molecule has 5 nitrogen and oxygen atoms in total. The van der Waals surface area contributed by atoms with Gasteiger partial charge in [-0.1, -0.05) is 60.2 Å². The van der Waals surface area contributed by atoms with Gasteiger partial charge in [0, 0.05) is 6.54 Å². The highest BCUT2D eigenvalue weighted by molar-refractivity contribution is 5.39. The number of hydrogen-bond acceptors (Lipinski definition) is 5. The van der Waals surface area contributed by atoms with Gasteiger partial charge in [-0.25, -0.2) is 0 Å². The fourth-order valence-electron chi connectivity index (χ4n) is 2.37. The van der Waals surface area contributed by atoms with Crippen molar-refractivity contribution in [3.8, 4) is 0 Å². The van der Waals surface area contributed by atoms with Crippen molar-refractivity contribution >= 4 is 11.8 Å². The fourth-order valence-corrected chi connectivity index (χ4v) is 2.37. The van der Waals surface area contributed by atoms with Crippen LogP contribution in [0.25, 0.3) is 0 Å². The molecule has 122 valence electrons. The minimum Gasteiger partial charge on any atom is -0.365 e. The van der Waals surface area contributed by atoms with Crippen molar-refractivity contribution in [2.75, 3.05) is 10.6 Å². The first-order valence-electron chi connectivity index (χ1n) is 8.01. The van der Waals surface area contributed by atoms with Gasteiger partial charge in [0.05, 0.1) is 12.2 Å². The van der Waals surface area contributed by atoms with Crippen LogP contribution in [0.1, 0.15) is 29.7 Å². The summed E-state index contributed by atoms with van der Waals surface area (Å²) < 4.78 is 0. The minimum atomic E-state index is 0.111. The lowest BCUT2D eigenvalue weighted by Crippen LogP contribution is -2.11. The zero-order valence-corrected chi connectivity index (χ0v) is 13.9. The van der Waals surface area contributed by atoms with Crippen LogP contribution in [-0.2, 0) is 6.54 Å². The van der Waals surface area contributed by atoms with Crippen LogP contribution in [0.4, 0.5) is 11.8 Å². The molecule has 0 spiro atoms. The smallest absolute Gasteiger partial charge is 0.245 e. The quantitative estimate of drug-likeness (QED) is 0.720. The van der Waals surface area contributed by atoms with E-state index in [1.165, 1.54) is 16.7 Å². The van der Waals surface area contributed by atoms with Crippen molar-refractivity contribution in [3.63, 3.8) is 0 Å². The lowest BCUT2D eigenvalue weighted by molar-refractivity contribution is 0.839. The maximum Gasteiger partial charge on any atom is 0.245 e. The molecule has 0 aliphatic rings. The Morgan fingerprint density at radius 2 is 1.75 bits per heavy atom. The van der Waals surface area contributed by atoms with Gasteiger partial charge in [0.1, 0.15) is 0 Å². The van der Waals surface area contributed by atoms with E-state index in [2.05, 4.69) is 76.1 Å². The Balaban J connectivity index is 1.62. The summed E-state index contributed by atoms with van der Waals surface area (Å²) in [5.74, 6) is 1.22. The standard InChI is InChI=1S/C19H21N5/c1-14-8-10-16(11-9-14)12-20-18-13-21-24-19(23-18)22-15(2)17-6-4-3-5-7-17/h3-11,13,15H,12H2,1-2H3,(H2,20,22,23,24). The van der Waals surface area contributed by atoms with E-state index in [1.54, 1.807) is 6.20 Å². The van der Waals surface area contributed by atoms with Crippen molar-refractivity contribution in [1.82, 2.24) is 15.2 Å². The molecule has 1 unspecified atom stereocenters.